The zero-order valence-corrected chi connectivity index (χ0v) is 27.8. The summed E-state index contributed by atoms with van der Waals surface area (Å²) in [6.07, 6.45) is 7.71. The molecule has 6 aliphatic rings. The van der Waals surface area contributed by atoms with Crippen molar-refractivity contribution in [3.63, 3.8) is 0 Å². The van der Waals surface area contributed by atoms with E-state index < -0.39 is 6.29 Å². The number of amides is 2. The van der Waals surface area contributed by atoms with Crippen molar-refractivity contribution in [2.24, 2.45) is 17.8 Å². The van der Waals surface area contributed by atoms with Gasteiger partial charge in [-0.05, 0) is 84.1 Å². The molecule has 0 aromatic heterocycles. The molecule has 2 aliphatic heterocycles. The van der Waals surface area contributed by atoms with Gasteiger partial charge in [-0.2, -0.15) is 0 Å². The molecule has 4 aliphatic carbocycles. The molecule has 3 aromatic carbocycles. The number of morpholine rings is 1. The third-order valence-corrected chi connectivity index (χ3v) is 11.5. The predicted molar refractivity (Wildman–Crippen MR) is 184 cm³/mol. The van der Waals surface area contributed by atoms with Gasteiger partial charge in [0.15, 0.2) is 6.29 Å². The second-order valence-electron chi connectivity index (χ2n) is 15.0. The highest BCUT2D eigenvalue weighted by Crippen LogP contribution is 2.55. The van der Waals surface area contributed by atoms with E-state index in [9.17, 15) is 9.90 Å². The molecule has 4 bridgehead atoms. The molecule has 2 heterocycles. The molecule has 8 heteroatoms. The number of carbonyl (C=O) groups is 1. The highest BCUT2D eigenvalue weighted by molar-refractivity contribution is 5.76. The lowest BCUT2D eigenvalue weighted by Gasteiger charge is -2.56. The summed E-state index contributed by atoms with van der Waals surface area (Å²) in [6, 6.07) is 24.8. The SMILES string of the molecule is O=C(NCc1ccccc1-c1ccc([C@H]2O[C@@H](CN3CCOCC3)C[C@@H](c3ccc(CO)cc3)O2)cc1)NC12CC3CC(CC(C3)C1)C2. The van der Waals surface area contributed by atoms with Gasteiger partial charge < -0.3 is 30.0 Å². The average molecular weight is 652 g/mol. The first-order valence-electron chi connectivity index (χ1n) is 18.1. The Hall–Kier alpha value is -3.27. The number of hydrogen-bond acceptors (Lipinski definition) is 6. The van der Waals surface area contributed by atoms with Gasteiger partial charge in [0.05, 0.1) is 32.0 Å². The Kier molecular flexibility index (Phi) is 9.27. The fourth-order valence-corrected chi connectivity index (χ4v) is 9.60. The van der Waals surface area contributed by atoms with E-state index in [1.54, 1.807) is 0 Å². The summed E-state index contributed by atoms with van der Waals surface area (Å²) in [5.41, 5.74) is 6.26. The quantitative estimate of drug-likeness (QED) is 0.245. The molecule has 3 atom stereocenters. The third kappa shape index (κ3) is 7.05. The van der Waals surface area contributed by atoms with Crippen LogP contribution in [0.4, 0.5) is 4.79 Å². The molecule has 3 N–H and O–H groups in total. The normalized spacial score (nSPS) is 31.4. The van der Waals surface area contributed by atoms with Gasteiger partial charge in [-0.1, -0.05) is 72.8 Å². The summed E-state index contributed by atoms with van der Waals surface area (Å²) in [4.78, 5) is 15.6. The lowest BCUT2D eigenvalue weighted by atomic mass is 9.53. The van der Waals surface area contributed by atoms with E-state index >= 15 is 0 Å². The van der Waals surface area contributed by atoms with Crippen LogP contribution in [0.2, 0.25) is 0 Å². The van der Waals surface area contributed by atoms with Gasteiger partial charge in [-0.25, -0.2) is 4.79 Å². The van der Waals surface area contributed by atoms with Crippen molar-refractivity contribution in [3.8, 4) is 11.1 Å². The van der Waals surface area contributed by atoms with Crippen LogP contribution in [0.1, 0.15) is 79.6 Å². The van der Waals surface area contributed by atoms with Crippen LogP contribution in [-0.2, 0) is 27.4 Å². The Bertz CT molecular complexity index is 1520. The Balaban J connectivity index is 0.946. The average Bonchev–Trinajstić information content (AvgIpc) is 3.10. The van der Waals surface area contributed by atoms with Gasteiger partial charge in [-0.3, -0.25) is 4.90 Å². The monoisotopic (exact) mass is 651 g/mol. The summed E-state index contributed by atoms with van der Waals surface area (Å²) >= 11 is 0. The van der Waals surface area contributed by atoms with Crippen molar-refractivity contribution in [2.45, 2.75) is 82.1 Å². The minimum atomic E-state index is -0.494. The fourth-order valence-electron chi connectivity index (χ4n) is 9.60. The van der Waals surface area contributed by atoms with Gasteiger partial charge in [0.2, 0.25) is 0 Å². The van der Waals surface area contributed by atoms with Gasteiger partial charge in [-0.15, -0.1) is 0 Å². The third-order valence-electron chi connectivity index (χ3n) is 11.5. The largest absolute Gasteiger partial charge is 0.392 e. The first kappa shape index (κ1) is 32.0. The number of rotatable bonds is 9. The molecule has 2 saturated heterocycles. The van der Waals surface area contributed by atoms with Crippen LogP contribution in [0.3, 0.4) is 0 Å². The first-order valence-corrected chi connectivity index (χ1v) is 18.1. The minimum Gasteiger partial charge on any atom is -0.392 e. The number of aliphatic hydroxyl groups excluding tert-OH is 1. The van der Waals surface area contributed by atoms with E-state index in [0.29, 0.717) is 6.54 Å². The maximum atomic E-state index is 13.2. The van der Waals surface area contributed by atoms with Gasteiger partial charge in [0, 0.05) is 43.7 Å². The minimum absolute atomic E-state index is 0.000529. The lowest BCUT2D eigenvalue weighted by molar-refractivity contribution is -0.253. The lowest BCUT2D eigenvalue weighted by Crippen LogP contribution is -2.61. The number of urea groups is 1. The van der Waals surface area contributed by atoms with Crippen LogP contribution in [0, 0.1) is 17.8 Å². The molecule has 2 amide bonds. The number of aliphatic hydroxyl groups is 1. The van der Waals surface area contributed by atoms with Crippen LogP contribution < -0.4 is 10.6 Å². The van der Waals surface area contributed by atoms with Crippen LogP contribution in [0.5, 0.6) is 0 Å². The predicted octanol–water partition coefficient (Wildman–Crippen LogP) is 6.49. The summed E-state index contributed by atoms with van der Waals surface area (Å²) in [5.74, 6) is 2.39. The van der Waals surface area contributed by atoms with Gasteiger partial charge in [0.25, 0.3) is 0 Å². The van der Waals surface area contributed by atoms with Crippen molar-refractivity contribution in [1.29, 1.82) is 0 Å². The van der Waals surface area contributed by atoms with Gasteiger partial charge >= 0.3 is 6.03 Å². The molecule has 254 valence electrons. The van der Waals surface area contributed by atoms with Crippen LogP contribution in [0.15, 0.2) is 72.8 Å². The summed E-state index contributed by atoms with van der Waals surface area (Å²) in [7, 11) is 0. The molecule has 6 fully saturated rings. The Morgan fingerprint density at radius 1 is 0.812 bits per heavy atom. The molecular weight excluding hydrogens is 602 g/mol. The molecule has 0 unspecified atom stereocenters. The molecule has 48 heavy (non-hydrogen) atoms. The van der Waals surface area contributed by atoms with Crippen molar-refractivity contribution in [1.82, 2.24) is 15.5 Å². The maximum Gasteiger partial charge on any atom is 0.315 e. The van der Waals surface area contributed by atoms with Crippen LogP contribution in [-0.4, -0.2) is 60.5 Å². The summed E-state index contributed by atoms with van der Waals surface area (Å²) < 4.78 is 18.8. The first-order chi connectivity index (χ1) is 23.5. The molecule has 3 aromatic rings. The van der Waals surface area contributed by atoms with Crippen molar-refractivity contribution in [2.75, 3.05) is 32.8 Å². The van der Waals surface area contributed by atoms with Crippen LogP contribution >= 0.6 is 0 Å². The number of carbonyl (C=O) groups excluding carboxylic acids is 1. The highest BCUT2D eigenvalue weighted by Gasteiger charge is 2.51. The second kappa shape index (κ2) is 13.9. The number of ether oxygens (including phenoxy) is 3. The molecule has 0 spiro atoms. The number of benzene rings is 3. The number of nitrogens with zero attached hydrogens (tertiary/aromatic N) is 1. The summed E-state index contributed by atoms with van der Waals surface area (Å²) in [6.45, 7) is 4.67. The fraction of sp³-hybridized carbons (Fsp3) is 0.525. The smallest absolute Gasteiger partial charge is 0.315 e. The second-order valence-corrected chi connectivity index (χ2v) is 15.0. The highest BCUT2D eigenvalue weighted by atomic mass is 16.7. The van der Waals surface area contributed by atoms with Crippen molar-refractivity contribution in [3.05, 3.63) is 95.1 Å². The van der Waals surface area contributed by atoms with E-state index in [2.05, 4.69) is 70.1 Å². The van der Waals surface area contributed by atoms with E-state index in [0.717, 1.165) is 110 Å². The van der Waals surface area contributed by atoms with E-state index in [1.165, 1.54) is 19.3 Å². The zero-order chi connectivity index (χ0) is 32.5. The van der Waals surface area contributed by atoms with E-state index in [1.807, 2.05) is 18.2 Å². The topological polar surface area (TPSA) is 92.3 Å². The Morgan fingerprint density at radius 3 is 2.17 bits per heavy atom. The molecule has 9 rings (SSSR count). The zero-order valence-electron chi connectivity index (χ0n) is 27.8. The molecule has 8 nitrogen and oxygen atoms in total. The Labute approximate surface area is 284 Å². The standard InChI is InChI=1S/C40H49N3O5/c44-26-27-5-7-32(8-6-27)37-20-35(25-43-13-15-46-16-14-43)47-38(48-37)33-11-9-31(10-12-33)36-4-2-1-3-34(36)24-41-39(45)42-40-21-28-17-29(22-40)19-30(18-28)23-40/h1-12,28-30,35,37-38,44H,13-26H2,(H2,41,42,45)/t28?,29?,30?,35-,37+,38+,40?/m1/s1. The maximum absolute atomic E-state index is 13.2. The number of hydrogen-bond donors (Lipinski definition) is 3. The molecule has 0 radical (unpaired) electrons. The molecular formula is C40H49N3O5. The van der Waals surface area contributed by atoms with E-state index in [4.69, 9.17) is 14.2 Å². The van der Waals surface area contributed by atoms with Gasteiger partial charge in [0.1, 0.15) is 0 Å². The summed E-state index contributed by atoms with van der Waals surface area (Å²) in [5, 5.41) is 16.2. The Morgan fingerprint density at radius 2 is 1.48 bits per heavy atom. The van der Waals surface area contributed by atoms with E-state index in [-0.39, 0.29) is 30.4 Å². The molecule has 4 saturated carbocycles. The van der Waals surface area contributed by atoms with Crippen LogP contribution in [0.25, 0.3) is 11.1 Å². The van der Waals surface area contributed by atoms with Crippen molar-refractivity contribution >= 4 is 6.03 Å². The number of nitrogens with one attached hydrogen (secondary N) is 2. The van der Waals surface area contributed by atoms with Crippen molar-refractivity contribution < 1.29 is 24.1 Å².